The molecule has 102 valence electrons. The SMILES string of the molecule is CCn1c(C)cc(CC2(C(C)C)CCCN2)c1C. The highest BCUT2D eigenvalue weighted by Gasteiger charge is 2.37. The summed E-state index contributed by atoms with van der Waals surface area (Å²) in [7, 11) is 0. The molecule has 0 amide bonds. The number of nitrogens with zero attached hydrogens (tertiary/aromatic N) is 1. The molecule has 1 unspecified atom stereocenters. The van der Waals surface area contributed by atoms with Gasteiger partial charge in [-0.15, -0.1) is 0 Å². The lowest BCUT2D eigenvalue weighted by Crippen LogP contribution is -2.46. The summed E-state index contributed by atoms with van der Waals surface area (Å²) in [6.45, 7) is 13.7. The van der Waals surface area contributed by atoms with Gasteiger partial charge >= 0.3 is 0 Å². The van der Waals surface area contributed by atoms with Crippen LogP contribution in [0.1, 0.15) is 50.6 Å². The minimum Gasteiger partial charge on any atom is -0.349 e. The Kier molecular flexibility index (Phi) is 3.86. The maximum atomic E-state index is 3.78. The second-order valence-electron chi connectivity index (χ2n) is 6.16. The van der Waals surface area contributed by atoms with Crippen LogP contribution in [0.25, 0.3) is 0 Å². The average molecular weight is 248 g/mol. The zero-order valence-corrected chi connectivity index (χ0v) is 12.6. The third kappa shape index (κ3) is 2.23. The fraction of sp³-hybridized carbons (Fsp3) is 0.750. The van der Waals surface area contributed by atoms with Crippen molar-refractivity contribution in [1.29, 1.82) is 0 Å². The van der Waals surface area contributed by atoms with E-state index in [-0.39, 0.29) is 0 Å². The molecule has 1 aromatic heterocycles. The van der Waals surface area contributed by atoms with Crippen molar-refractivity contribution in [3.8, 4) is 0 Å². The molecule has 0 spiro atoms. The van der Waals surface area contributed by atoms with E-state index in [9.17, 15) is 0 Å². The summed E-state index contributed by atoms with van der Waals surface area (Å²) in [5, 5.41) is 3.78. The van der Waals surface area contributed by atoms with E-state index in [1.165, 1.54) is 42.8 Å². The zero-order valence-electron chi connectivity index (χ0n) is 12.6. The summed E-state index contributed by atoms with van der Waals surface area (Å²) in [4.78, 5) is 0. The fourth-order valence-electron chi connectivity index (χ4n) is 3.56. The van der Waals surface area contributed by atoms with Gasteiger partial charge in [-0.05, 0) is 64.1 Å². The van der Waals surface area contributed by atoms with Crippen LogP contribution in [0, 0.1) is 19.8 Å². The van der Waals surface area contributed by atoms with Gasteiger partial charge in [0, 0.05) is 23.5 Å². The quantitative estimate of drug-likeness (QED) is 0.863. The molecule has 2 heteroatoms. The van der Waals surface area contributed by atoms with Crippen molar-refractivity contribution < 1.29 is 0 Å². The summed E-state index contributed by atoms with van der Waals surface area (Å²) in [6, 6.07) is 2.39. The Bertz CT molecular complexity index is 409. The number of hydrogen-bond acceptors (Lipinski definition) is 1. The highest BCUT2D eigenvalue weighted by Crippen LogP contribution is 2.33. The van der Waals surface area contributed by atoms with Crippen molar-refractivity contribution in [3.63, 3.8) is 0 Å². The monoisotopic (exact) mass is 248 g/mol. The smallest absolute Gasteiger partial charge is 0.0245 e. The van der Waals surface area contributed by atoms with E-state index in [2.05, 4.69) is 50.6 Å². The minimum absolute atomic E-state index is 0.330. The molecule has 1 atom stereocenters. The summed E-state index contributed by atoms with van der Waals surface area (Å²) < 4.78 is 2.43. The lowest BCUT2D eigenvalue weighted by atomic mass is 9.80. The largest absolute Gasteiger partial charge is 0.349 e. The van der Waals surface area contributed by atoms with Crippen LogP contribution in [-0.2, 0) is 13.0 Å². The van der Waals surface area contributed by atoms with Crippen molar-refractivity contribution in [3.05, 3.63) is 23.0 Å². The molecule has 1 aliphatic rings. The number of aromatic nitrogens is 1. The maximum Gasteiger partial charge on any atom is 0.0245 e. The van der Waals surface area contributed by atoms with Gasteiger partial charge in [0.05, 0.1) is 0 Å². The van der Waals surface area contributed by atoms with Crippen molar-refractivity contribution in [2.24, 2.45) is 5.92 Å². The second-order valence-corrected chi connectivity index (χ2v) is 6.16. The van der Waals surface area contributed by atoms with E-state index in [0.717, 1.165) is 6.54 Å². The third-order valence-electron chi connectivity index (χ3n) is 4.88. The third-order valence-corrected chi connectivity index (χ3v) is 4.88. The molecule has 0 radical (unpaired) electrons. The first-order valence-electron chi connectivity index (χ1n) is 7.41. The first-order valence-corrected chi connectivity index (χ1v) is 7.41. The van der Waals surface area contributed by atoms with Crippen LogP contribution in [0.5, 0.6) is 0 Å². The molecule has 1 saturated heterocycles. The fourth-order valence-corrected chi connectivity index (χ4v) is 3.56. The first-order chi connectivity index (χ1) is 8.50. The highest BCUT2D eigenvalue weighted by atomic mass is 15.0. The van der Waals surface area contributed by atoms with Gasteiger partial charge < -0.3 is 9.88 Å². The first kappa shape index (κ1) is 13.7. The molecule has 18 heavy (non-hydrogen) atoms. The molecule has 0 bridgehead atoms. The predicted molar refractivity (Wildman–Crippen MR) is 78.1 cm³/mol. The summed E-state index contributed by atoms with van der Waals surface area (Å²) in [6.07, 6.45) is 3.83. The number of nitrogens with one attached hydrogen (secondary N) is 1. The molecule has 1 N–H and O–H groups in total. The van der Waals surface area contributed by atoms with Crippen molar-refractivity contribution in [2.75, 3.05) is 6.54 Å². The Hall–Kier alpha value is -0.760. The van der Waals surface area contributed by atoms with Gasteiger partial charge in [0.1, 0.15) is 0 Å². The molecule has 2 heterocycles. The van der Waals surface area contributed by atoms with Crippen molar-refractivity contribution in [2.45, 2.75) is 66.0 Å². The molecule has 1 aliphatic heterocycles. The molecule has 0 aromatic carbocycles. The van der Waals surface area contributed by atoms with Gasteiger partial charge in [0.2, 0.25) is 0 Å². The number of hydrogen-bond donors (Lipinski definition) is 1. The Balaban J connectivity index is 2.27. The molecule has 2 rings (SSSR count). The van der Waals surface area contributed by atoms with Gasteiger partial charge in [-0.25, -0.2) is 0 Å². The van der Waals surface area contributed by atoms with Crippen molar-refractivity contribution in [1.82, 2.24) is 9.88 Å². The normalized spacial score (nSPS) is 24.1. The molecule has 2 nitrogen and oxygen atoms in total. The summed E-state index contributed by atoms with van der Waals surface area (Å²) >= 11 is 0. The number of rotatable bonds is 4. The summed E-state index contributed by atoms with van der Waals surface area (Å²) in [5.41, 5.74) is 4.74. The van der Waals surface area contributed by atoms with Gasteiger partial charge in [0.15, 0.2) is 0 Å². The molecule has 1 aromatic rings. The highest BCUT2D eigenvalue weighted by molar-refractivity contribution is 5.29. The van der Waals surface area contributed by atoms with E-state index >= 15 is 0 Å². The van der Waals surface area contributed by atoms with Crippen LogP contribution in [-0.4, -0.2) is 16.7 Å². The lowest BCUT2D eigenvalue weighted by molar-refractivity contribution is 0.269. The van der Waals surface area contributed by atoms with Gasteiger partial charge in [0.25, 0.3) is 0 Å². The zero-order chi connectivity index (χ0) is 13.3. The Morgan fingerprint density at radius 2 is 2.11 bits per heavy atom. The molecular weight excluding hydrogens is 220 g/mol. The van der Waals surface area contributed by atoms with E-state index in [1.807, 2.05) is 0 Å². The van der Waals surface area contributed by atoms with E-state index in [1.54, 1.807) is 0 Å². The van der Waals surface area contributed by atoms with Crippen LogP contribution < -0.4 is 5.32 Å². The minimum atomic E-state index is 0.330. The molecular formula is C16H28N2. The maximum absolute atomic E-state index is 3.78. The Morgan fingerprint density at radius 1 is 1.39 bits per heavy atom. The molecule has 0 saturated carbocycles. The van der Waals surface area contributed by atoms with Crippen LogP contribution >= 0.6 is 0 Å². The van der Waals surface area contributed by atoms with Crippen LogP contribution in [0.3, 0.4) is 0 Å². The van der Waals surface area contributed by atoms with Crippen LogP contribution in [0.2, 0.25) is 0 Å². The van der Waals surface area contributed by atoms with E-state index in [0.29, 0.717) is 11.5 Å². The van der Waals surface area contributed by atoms with Gasteiger partial charge in [-0.2, -0.15) is 0 Å². The lowest BCUT2D eigenvalue weighted by Gasteiger charge is -2.34. The van der Waals surface area contributed by atoms with Crippen LogP contribution in [0.4, 0.5) is 0 Å². The van der Waals surface area contributed by atoms with Crippen LogP contribution in [0.15, 0.2) is 6.07 Å². The van der Waals surface area contributed by atoms with Crippen molar-refractivity contribution >= 4 is 0 Å². The van der Waals surface area contributed by atoms with E-state index < -0.39 is 0 Å². The van der Waals surface area contributed by atoms with Gasteiger partial charge in [-0.3, -0.25) is 0 Å². The van der Waals surface area contributed by atoms with E-state index in [4.69, 9.17) is 0 Å². The molecule has 1 fully saturated rings. The standard InChI is InChI=1S/C16H28N2/c1-6-18-13(4)10-15(14(18)5)11-16(12(2)3)8-7-9-17-16/h10,12,17H,6-9,11H2,1-5H3. The van der Waals surface area contributed by atoms with Gasteiger partial charge in [-0.1, -0.05) is 13.8 Å². The number of aryl methyl sites for hydroxylation is 1. The topological polar surface area (TPSA) is 17.0 Å². The molecule has 0 aliphatic carbocycles. The Morgan fingerprint density at radius 3 is 2.56 bits per heavy atom. The average Bonchev–Trinajstić information content (AvgIpc) is 2.87. The second kappa shape index (κ2) is 5.08. The summed E-state index contributed by atoms with van der Waals surface area (Å²) in [5.74, 6) is 0.699. The predicted octanol–water partition coefficient (Wildman–Crippen LogP) is 3.45. The Labute approximate surface area is 112 Å².